The monoisotopic (exact) mass is 244 g/mol. The Kier molecular flexibility index (Phi) is 5.13. The lowest BCUT2D eigenvalue weighted by molar-refractivity contribution is -0.129. The van der Waals surface area contributed by atoms with Gasteiger partial charge in [-0.2, -0.15) is 11.8 Å². The van der Waals surface area contributed by atoms with Gasteiger partial charge < -0.3 is 9.47 Å². The van der Waals surface area contributed by atoms with E-state index in [1.807, 2.05) is 11.8 Å². The highest BCUT2D eigenvalue weighted by Crippen LogP contribution is 2.19. The van der Waals surface area contributed by atoms with Gasteiger partial charge in [0.15, 0.2) is 5.78 Å². The van der Waals surface area contributed by atoms with E-state index in [9.17, 15) is 4.79 Å². The van der Waals surface area contributed by atoms with E-state index in [4.69, 9.17) is 9.47 Å². The summed E-state index contributed by atoms with van der Waals surface area (Å²) < 4.78 is 11.0. The maximum atomic E-state index is 11.8. The summed E-state index contributed by atoms with van der Waals surface area (Å²) in [4.78, 5) is 11.8. The molecule has 0 N–H and O–H groups in total. The van der Waals surface area contributed by atoms with E-state index in [0.717, 1.165) is 37.6 Å². The number of carbonyl (C=O) groups is 1. The lowest BCUT2D eigenvalue weighted by atomic mass is 10.1. The molecular weight excluding hydrogens is 224 g/mol. The van der Waals surface area contributed by atoms with Crippen molar-refractivity contribution in [3.8, 4) is 0 Å². The van der Waals surface area contributed by atoms with Gasteiger partial charge in [-0.25, -0.2) is 0 Å². The average molecular weight is 244 g/mol. The fraction of sp³-hybridized carbons (Fsp3) is 0.917. The van der Waals surface area contributed by atoms with Crippen LogP contribution in [0.15, 0.2) is 0 Å². The molecule has 3 nitrogen and oxygen atoms in total. The number of thioether (sulfide) groups is 1. The van der Waals surface area contributed by atoms with Gasteiger partial charge in [0.2, 0.25) is 0 Å². The number of Topliss-reactive ketones (excluding diaryl/α,β-unsaturated/α-hetero) is 1. The Morgan fingerprint density at radius 2 is 2.25 bits per heavy atom. The fourth-order valence-corrected chi connectivity index (χ4v) is 3.09. The molecule has 2 rings (SSSR count). The van der Waals surface area contributed by atoms with E-state index in [1.165, 1.54) is 12.8 Å². The molecule has 16 heavy (non-hydrogen) atoms. The molecule has 0 saturated carbocycles. The van der Waals surface area contributed by atoms with Crippen molar-refractivity contribution in [1.82, 2.24) is 0 Å². The van der Waals surface area contributed by atoms with Crippen LogP contribution in [0.4, 0.5) is 0 Å². The summed E-state index contributed by atoms with van der Waals surface area (Å²) in [5, 5.41) is 0. The summed E-state index contributed by atoms with van der Waals surface area (Å²) in [5.74, 6) is 2.16. The summed E-state index contributed by atoms with van der Waals surface area (Å²) in [6.07, 6.45) is 5.27. The Bertz CT molecular complexity index is 220. The van der Waals surface area contributed by atoms with E-state index in [1.54, 1.807) is 0 Å². The lowest BCUT2D eigenvalue weighted by Gasteiger charge is -2.21. The molecule has 2 fully saturated rings. The summed E-state index contributed by atoms with van der Waals surface area (Å²) in [6.45, 7) is 1.63. The van der Waals surface area contributed by atoms with Crippen LogP contribution in [0.3, 0.4) is 0 Å². The van der Waals surface area contributed by atoms with Crippen molar-refractivity contribution >= 4 is 17.5 Å². The highest BCUT2D eigenvalue weighted by atomic mass is 32.2. The minimum absolute atomic E-state index is 0.136. The Morgan fingerprint density at radius 1 is 1.31 bits per heavy atom. The van der Waals surface area contributed by atoms with Gasteiger partial charge in [-0.05, 0) is 25.7 Å². The Hall–Kier alpha value is -0.0600. The first-order valence-electron chi connectivity index (χ1n) is 6.20. The molecule has 92 valence electrons. The van der Waals surface area contributed by atoms with Crippen molar-refractivity contribution in [1.29, 1.82) is 0 Å². The molecule has 2 unspecified atom stereocenters. The summed E-state index contributed by atoms with van der Waals surface area (Å²) in [5.41, 5.74) is 0. The molecule has 2 heterocycles. The summed E-state index contributed by atoms with van der Waals surface area (Å²) >= 11 is 1.82. The van der Waals surface area contributed by atoms with Crippen LogP contribution in [0, 0.1) is 0 Å². The first kappa shape index (κ1) is 12.4. The minimum atomic E-state index is -0.136. The van der Waals surface area contributed by atoms with Gasteiger partial charge in [0.25, 0.3) is 0 Å². The first-order chi connectivity index (χ1) is 7.86. The number of hydrogen-bond acceptors (Lipinski definition) is 4. The topological polar surface area (TPSA) is 35.5 Å². The van der Waals surface area contributed by atoms with E-state index in [-0.39, 0.29) is 11.9 Å². The fourth-order valence-electron chi connectivity index (χ4n) is 2.21. The zero-order chi connectivity index (χ0) is 11.2. The molecule has 0 bridgehead atoms. The normalized spacial score (nSPS) is 30.5. The van der Waals surface area contributed by atoms with Crippen LogP contribution in [-0.2, 0) is 14.3 Å². The second kappa shape index (κ2) is 6.62. The lowest BCUT2D eigenvalue weighted by Crippen LogP contribution is -2.31. The van der Waals surface area contributed by atoms with Crippen LogP contribution in [-0.4, -0.2) is 42.7 Å². The van der Waals surface area contributed by atoms with E-state index in [2.05, 4.69) is 0 Å². The number of hydrogen-bond donors (Lipinski definition) is 0. The molecule has 0 spiro atoms. The highest BCUT2D eigenvalue weighted by molar-refractivity contribution is 7.99. The standard InChI is InChI=1S/C12H20O3S/c13-11(12-9-16-8-7-15-12)5-1-3-10-4-2-6-14-10/h10,12H,1-9H2. The Labute approximate surface area is 101 Å². The third-order valence-electron chi connectivity index (χ3n) is 3.15. The Morgan fingerprint density at radius 3 is 2.94 bits per heavy atom. The Balaban J connectivity index is 1.59. The molecule has 0 radical (unpaired) electrons. The van der Waals surface area contributed by atoms with Gasteiger partial charge in [0.1, 0.15) is 6.10 Å². The molecule has 2 aliphatic heterocycles. The van der Waals surface area contributed by atoms with Crippen LogP contribution in [0.25, 0.3) is 0 Å². The molecule has 0 aromatic rings. The summed E-state index contributed by atoms with van der Waals surface area (Å²) in [6, 6.07) is 0. The number of ether oxygens (including phenoxy) is 2. The van der Waals surface area contributed by atoms with E-state index >= 15 is 0 Å². The van der Waals surface area contributed by atoms with Crippen molar-refractivity contribution in [2.45, 2.75) is 44.3 Å². The highest BCUT2D eigenvalue weighted by Gasteiger charge is 2.22. The zero-order valence-electron chi connectivity index (χ0n) is 9.65. The van der Waals surface area contributed by atoms with Crippen LogP contribution in [0.5, 0.6) is 0 Å². The predicted octanol–water partition coefficient (Wildman–Crippen LogP) is 2.04. The molecule has 2 aliphatic rings. The SMILES string of the molecule is O=C(CCCC1CCCO1)C1CSCCO1. The number of rotatable bonds is 5. The number of carbonyl (C=O) groups excluding carboxylic acids is 1. The largest absolute Gasteiger partial charge is 0.378 e. The third kappa shape index (κ3) is 3.75. The van der Waals surface area contributed by atoms with Crippen LogP contribution in [0.1, 0.15) is 32.1 Å². The third-order valence-corrected chi connectivity index (χ3v) is 4.14. The molecule has 0 aromatic heterocycles. The zero-order valence-corrected chi connectivity index (χ0v) is 10.5. The molecule has 4 heteroatoms. The maximum absolute atomic E-state index is 11.8. The van der Waals surface area contributed by atoms with Crippen molar-refractivity contribution < 1.29 is 14.3 Å². The van der Waals surface area contributed by atoms with Gasteiger partial charge >= 0.3 is 0 Å². The molecule has 0 aliphatic carbocycles. The average Bonchev–Trinajstić information content (AvgIpc) is 2.83. The van der Waals surface area contributed by atoms with Crippen LogP contribution in [0.2, 0.25) is 0 Å². The molecular formula is C12H20O3S. The quantitative estimate of drug-likeness (QED) is 0.741. The van der Waals surface area contributed by atoms with Gasteiger partial charge in [0, 0.05) is 24.5 Å². The van der Waals surface area contributed by atoms with E-state index < -0.39 is 0 Å². The predicted molar refractivity (Wildman–Crippen MR) is 64.9 cm³/mol. The van der Waals surface area contributed by atoms with Gasteiger partial charge in [-0.15, -0.1) is 0 Å². The van der Waals surface area contributed by atoms with Crippen molar-refractivity contribution in [2.24, 2.45) is 0 Å². The number of ketones is 1. The van der Waals surface area contributed by atoms with E-state index in [0.29, 0.717) is 12.5 Å². The van der Waals surface area contributed by atoms with Gasteiger partial charge in [0.05, 0.1) is 12.7 Å². The molecule has 0 amide bonds. The maximum Gasteiger partial charge on any atom is 0.162 e. The van der Waals surface area contributed by atoms with Crippen LogP contribution < -0.4 is 0 Å². The van der Waals surface area contributed by atoms with Crippen LogP contribution >= 0.6 is 11.8 Å². The smallest absolute Gasteiger partial charge is 0.162 e. The van der Waals surface area contributed by atoms with Gasteiger partial charge in [-0.3, -0.25) is 4.79 Å². The second-order valence-electron chi connectivity index (χ2n) is 4.43. The van der Waals surface area contributed by atoms with Crippen molar-refractivity contribution in [3.05, 3.63) is 0 Å². The summed E-state index contributed by atoms with van der Waals surface area (Å²) in [7, 11) is 0. The van der Waals surface area contributed by atoms with Crippen molar-refractivity contribution in [3.63, 3.8) is 0 Å². The van der Waals surface area contributed by atoms with Crippen molar-refractivity contribution in [2.75, 3.05) is 24.7 Å². The molecule has 0 aromatic carbocycles. The van der Waals surface area contributed by atoms with Gasteiger partial charge in [-0.1, -0.05) is 0 Å². The molecule has 2 saturated heterocycles. The minimum Gasteiger partial charge on any atom is -0.378 e. The second-order valence-corrected chi connectivity index (χ2v) is 5.58. The molecule has 2 atom stereocenters. The first-order valence-corrected chi connectivity index (χ1v) is 7.35.